The molecular formula is C21H20B2CrF8N5O2+. The van der Waals surface area contributed by atoms with Crippen LogP contribution in [0.5, 0.6) is 0 Å². The first-order chi connectivity index (χ1) is 17.6. The van der Waals surface area contributed by atoms with E-state index in [1.165, 1.54) is 13.0 Å². The molecule has 0 amide bonds. The summed E-state index contributed by atoms with van der Waals surface area (Å²) in [6, 6.07) is 18.2. The van der Waals surface area contributed by atoms with E-state index in [-0.39, 0.29) is 23.1 Å². The van der Waals surface area contributed by atoms with Crippen molar-refractivity contribution in [2.75, 3.05) is 0 Å². The molecule has 208 valence electrons. The van der Waals surface area contributed by atoms with Crippen molar-refractivity contribution in [2.45, 2.75) is 26.6 Å². The number of aromatic nitrogens is 3. The number of carbonyl (C=O) groups excluding carboxylic acids is 1. The first-order valence-corrected chi connectivity index (χ1v) is 10.4. The van der Waals surface area contributed by atoms with Gasteiger partial charge in [0.05, 0.1) is 34.8 Å². The van der Waals surface area contributed by atoms with Crippen LogP contribution in [0.4, 0.5) is 34.5 Å². The minimum atomic E-state index is -6.00. The van der Waals surface area contributed by atoms with Gasteiger partial charge in [-0.3, -0.25) is 19.9 Å². The van der Waals surface area contributed by atoms with Crippen LogP contribution < -0.4 is 5.11 Å². The van der Waals surface area contributed by atoms with Gasteiger partial charge in [-0.25, -0.2) is 0 Å². The molecule has 7 nitrogen and oxygen atoms in total. The maximum absolute atomic E-state index is 11.0. The summed E-state index contributed by atoms with van der Waals surface area (Å²) in [5.74, 6) is -1.28. The summed E-state index contributed by atoms with van der Waals surface area (Å²) >= 11 is 0. The molecule has 0 bridgehead atoms. The topological polar surface area (TPSA) is 106 Å². The maximum atomic E-state index is 11.0. The van der Waals surface area contributed by atoms with E-state index >= 15 is 0 Å². The van der Waals surface area contributed by atoms with Gasteiger partial charge in [0.25, 0.3) is 0 Å². The summed E-state index contributed by atoms with van der Waals surface area (Å²) in [4.78, 5) is 26.0. The smallest absolute Gasteiger partial charge is 0.543 e. The molecule has 3 aromatic heterocycles. The second-order valence-corrected chi connectivity index (χ2v) is 6.80. The second-order valence-electron chi connectivity index (χ2n) is 6.80. The molecule has 0 atom stereocenters. The van der Waals surface area contributed by atoms with Gasteiger partial charge in [0.2, 0.25) is 0 Å². The Kier molecular flexibility index (Phi) is 18.8. The molecule has 0 aliphatic heterocycles. The minimum absolute atomic E-state index is 0. The van der Waals surface area contributed by atoms with Crippen molar-refractivity contribution < 1.29 is 61.8 Å². The Morgan fingerprint density at radius 2 is 1.15 bits per heavy atom. The monoisotopic (exact) mass is 600 g/mol. The molecular weight excluding hydrogens is 580 g/mol. The number of rotatable bonds is 7. The van der Waals surface area contributed by atoms with Crippen molar-refractivity contribution >= 4 is 20.5 Å². The number of carboxylic acids is 1. The molecule has 0 spiro atoms. The van der Waals surface area contributed by atoms with Gasteiger partial charge in [0.15, 0.2) is 0 Å². The standard InChI is InChI=1S/C19H18N4O2.C2H3N.2BF4.Cr/c24-19(25)18-9-5-8-17(22-18)14-23(12-15-6-1-3-10-20-15)13-16-7-2-4-11-21-16;1-2-3;2*2-1(3,4)5;/h1-11H,12-14H2,(H,24,25);1H3;;;/q;;2*-1;+4/p-1. The van der Waals surface area contributed by atoms with E-state index in [0.717, 1.165) is 11.4 Å². The van der Waals surface area contributed by atoms with Gasteiger partial charge in [-0.2, -0.15) is 5.26 Å². The van der Waals surface area contributed by atoms with Gasteiger partial charge in [-0.15, -0.1) is 0 Å². The van der Waals surface area contributed by atoms with E-state index in [4.69, 9.17) is 5.26 Å². The molecule has 0 unspecified atom stereocenters. The molecule has 3 heterocycles. The summed E-state index contributed by atoms with van der Waals surface area (Å²) in [5, 5.41) is 18.3. The molecule has 18 heteroatoms. The van der Waals surface area contributed by atoms with E-state index in [0.29, 0.717) is 25.3 Å². The molecule has 0 aliphatic carbocycles. The van der Waals surface area contributed by atoms with E-state index in [1.807, 2.05) is 36.4 Å². The number of aromatic carboxylic acids is 1. The summed E-state index contributed by atoms with van der Waals surface area (Å²) in [7, 11) is -12.0. The Morgan fingerprint density at radius 1 is 0.795 bits per heavy atom. The van der Waals surface area contributed by atoms with Crippen LogP contribution in [0.3, 0.4) is 0 Å². The van der Waals surface area contributed by atoms with E-state index in [9.17, 15) is 44.4 Å². The number of hydrogen-bond donors (Lipinski definition) is 0. The molecule has 0 saturated carbocycles. The van der Waals surface area contributed by atoms with Gasteiger partial charge < -0.3 is 44.4 Å². The predicted octanol–water partition coefficient (Wildman–Crippen LogP) is 4.56. The fourth-order valence-electron chi connectivity index (χ4n) is 2.52. The Morgan fingerprint density at radius 3 is 1.49 bits per heavy atom. The number of halogens is 8. The maximum Gasteiger partial charge on any atom is 4.00 e. The summed E-state index contributed by atoms with van der Waals surface area (Å²) in [6.45, 7) is 3.12. The Labute approximate surface area is 229 Å². The van der Waals surface area contributed by atoms with Crippen LogP contribution in [0.2, 0.25) is 0 Å². The second kappa shape index (κ2) is 19.5. The fraction of sp³-hybridized carbons (Fsp3) is 0.190. The van der Waals surface area contributed by atoms with E-state index in [1.54, 1.807) is 30.6 Å². The zero-order chi connectivity index (χ0) is 29.2. The average molecular weight is 600 g/mol. The normalized spacial score (nSPS) is 10.2. The van der Waals surface area contributed by atoms with Crippen LogP contribution in [0.25, 0.3) is 0 Å². The van der Waals surface area contributed by atoms with Crippen molar-refractivity contribution in [1.82, 2.24) is 19.9 Å². The molecule has 39 heavy (non-hydrogen) atoms. The first kappa shape index (κ1) is 37.6. The predicted molar refractivity (Wildman–Crippen MR) is 122 cm³/mol. The third-order valence-electron chi connectivity index (χ3n) is 3.63. The zero-order valence-corrected chi connectivity index (χ0v) is 21.4. The van der Waals surface area contributed by atoms with E-state index < -0.39 is 20.5 Å². The van der Waals surface area contributed by atoms with Crippen molar-refractivity contribution in [1.29, 1.82) is 5.26 Å². The SMILES string of the molecule is CC#N.F[B-](F)(F)F.F[B-](F)(F)F.O=C([O-])c1cccc(CN(Cc2ccccn2)Cc2ccccn2)n1.[Cr+4]. The first-order valence-electron chi connectivity index (χ1n) is 10.4. The molecule has 0 radical (unpaired) electrons. The number of nitriles is 1. The summed E-state index contributed by atoms with van der Waals surface area (Å²) in [5.41, 5.74) is 2.45. The van der Waals surface area contributed by atoms with Gasteiger partial charge in [-0.05, 0) is 36.4 Å². The molecule has 0 fully saturated rings. The van der Waals surface area contributed by atoms with Crippen LogP contribution in [0.1, 0.15) is 34.5 Å². The molecule has 0 saturated heterocycles. The quantitative estimate of drug-likeness (QED) is 0.289. The van der Waals surface area contributed by atoms with Gasteiger partial charge in [0.1, 0.15) is 0 Å². The van der Waals surface area contributed by atoms with Crippen LogP contribution in [-0.4, -0.2) is 40.3 Å². The molecule has 3 aromatic rings. The largest absolute Gasteiger partial charge is 4.00 e. The van der Waals surface area contributed by atoms with Crippen LogP contribution in [-0.2, 0) is 37.0 Å². The minimum Gasteiger partial charge on any atom is -0.543 e. The van der Waals surface area contributed by atoms with Crippen molar-refractivity contribution in [3.63, 3.8) is 0 Å². The molecule has 0 aliphatic rings. The van der Waals surface area contributed by atoms with Gasteiger partial charge >= 0.3 is 31.9 Å². The van der Waals surface area contributed by atoms with Crippen LogP contribution in [0.15, 0.2) is 67.0 Å². The number of hydrogen-bond acceptors (Lipinski definition) is 7. The third-order valence-corrected chi connectivity index (χ3v) is 3.63. The van der Waals surface area contributed by atoms with Crippen LogP contribution >= 0.6 is 0 Å². The van der Waals surface area contributed by atoms with Crippen molar-refractivity contribution in [3.8, 4) is 6.07 Å². The number of carbonyl (C=O) groups is 1. The molecule has 0 aromatic carbocycles. The Balaban J connectivity index is 0. The van der Waals surface area contributed by atoms with Gasteiger partial charge in [-0.1, -0.05) is 18.2 Å². The fourth-order valence-corrected chi connectivity index (χ4v) is 2.52. The Bertz CT molecular complexity index is 1060. The Hall–Kier alpha value is -3.53. The van der Waals surface area contributed by atoms with Crippen molar-refractivity contribution in [3.05, 3.63) is 89.8 Å². The number of nitrogens with zero attached hydrogens (tertiary/aromatic N) is 5. The van der Waals surface area contributed by atoms with Crippen molar-refractivity contribution in [2.24, 2.45) is 0 Å². The van der Waals surface area contributed by atoms with Crippen LogP contribution in [0, 0.1) is 11.3 Å². The summed E-state index contributed by atoms with van der Waals surface area (Å²) in [6.07, 6.45) is 3.51. The van der Waals surface area contributed by atoms with E-state index in [2.05, 4.69) is 19.9 Å². The van der Waals surface area contributed by atoms with Gasteiger partial charge in [0, 0.05) is 39.0 Å². The third kappa shape index (κ3) is 24.6. The summed E-state index contributed by atoms with van der Waals surface area (Å²) < 4.78 is 78.0. The molecule has 0 N–H and O–H groups in total. The average Bonchev–Trinajstić information content (AvgIpc) is 2.79. The molecule has 3 rings (SSSR count). The zero-order valence-electron chi connectivity index (χ0n) is 20.1. The number of pyridine rings is 3. The number of carboxylic acid groups (broad SMARTS) is 1.